The van der Waals surface area contributed by atoms with E-state index in [1.54, 1.807) is 0 Å². The quantitative estimate of drug-likeness (QED) is 0.772. The number of hydrogen-bond donors (Lipinski definition) is 1. The molecule has 1 saturated carbocycles. The molecule has 2 rings (SSSR count). The zero-order valence-electron chi connectivity index (χ0n) is 11.3. The van der Waals surface area contributed by atoms with Crippen molar-refractivity contribution in [2.75, 3.05) is 19.6 Å². The molecule has 2 aliphatic rings. The summed E-state index contributed by atoms with van der Waals surface area (Å²) in [5.74, 6) is 0.967. The standard InChI is InChI=1S/C14H28N2/c1-4-6-9-16-10-13(5-2)15-11-14(16,3)12-7-8-12/h12-13,15H,4-11H2,1-3H3. The first kappa shape index (κ1) is 12.4. The highest BCUT2D eigenvalue weighted by Gasteiger charge is 2.47. The molecule has 16 heavy (non-hydrogen) atoms. The zero-order valence-corrected chi connectivity index (χ0v) is 11.3. The molecule has 1 aliphatic heterocycles. The van der Waals surface area contributed by atoms with Gasteiger partial charge in [-0.05, 0) is 45.1 Å². The van der Waals surface area contributed by atoms with Crippen LogP contribution in [0.2, 0.25) is 0 Å². The van der Waals surface area contributed by atoms with E-state index in [1.807, 2.05) is 0 Å². The van der Waals surface area contributed by atoms with Gasteiger partial charge in [0, 0.05) is 24.7 Å². The molecule has 2 atom stereocenters. The first-order chi connectivity index (χ1) is 7.70. The highest BCUT2D eigenvalue weighted by Crippen LogP contribution is 2.44. The Labute approximate surface area is 101 Å². The van der Waals surface area contributed by atoms with E-state index >= 15 is 0 Å². The number of hydrogen-bond acceptors (Lipinski definition) is 2. The molecule has 94 valence electrons. The monoisotopic (exact) mass is 224 g/mol. The van der Waals surface area contributed by atoms with Crippen LogP contribution in [-0.4, -0.2) is 36.1 Å². The molecular formula is C14H28N2. The van der Waals surface area contributed by atoms with Gasteiger partial charge in [0.2, 0.25) is 0 Å². The normalized spacial score (nSPS) is 36.6. The molecule has 0 radical (unpaired) electrons. The molecule has 0 spiro atoms. The minimum atomic E-state index is 0.459. The first-order valence-electron chi connectivity index (χ1n) is 7.19. The smallest absolute Gasteiger partial charge is 0.0334 e. The Morgan fingerprint density at radius 2 is 2.06 bits per heavy atom. The highest BCUT2D eigenvalue weighted by molar-refractivity contribution is 5.04. The van der Waals surface area contributed by atoms with Gasteiger partial charge in [0.25, 0.3) is 0 Å². The molecule has 1 aliphatic carbocycles. The van der Waals surface area contributed by atoms with Gasteiger partial charge in [-0.2, -0.15) is 0 Å². The lowest BCUT2D eigenvalue weighted by Crippen LogP contribution is -2.64. The number of piperazine rings is 1. The lowest BCUT2D eigenvalue weighted by Gasteiger charge is -2.49. The molecule has 1 heterocycles. The molecule has 1 N–H and O–H groups in total. The summed E-state index contributed by atoms with van der Waals surface area (Å²) >= 11 is 0. The van der Waals surface area contributed by atoms with Crippen LogP contribution >= 0.6 is 0 Å². The van der Waals surface area contributed by atoms with Crippen molar-refractivity contribution >= 4 is 0 Å². The van der Waals surface area contributed by atoms with E-state index in [1.165, 1.54) is 51.7 Å². The largest absolute Gasteiger partial charge is 0.311 e. The van der Waals surface area contributed by atoms with Crippen LogP contribution in [0, 0.1) is 5.92 Å². The predicted octanol–water partition coefficient (Wildman–Crippen LogP) is 2.64. The molecule has 2 unspecified atom stereocenters. The molecule has 2 fully saturated rings. The van der Waals surface area contributed by atoms with Crippen LogP contribution in [0.3, 0.4) is 0 Å². The van der Waals surface area contributed by atoms with Crippen LogP contribution in [0.4, 0.5) is 0 Å². The zero-order chi connectivity index (χ0) is 11.6. The molecule has 0 bridgehead atoms. The minimum Gasteiger partial charge on any atom is -0.311 e. The highest BCUT2D eigenvalue weighted by atomic mass is 15.3. The van der Waals surface area contributed by atoms with Crippen LogP contribution in [0.1, 0.15) is 52.9 Å². The third-order valence-electron chi connectivity index (χ3n) is 4.64. The van der Waals surface area contributed by atoms with E-state index in [-0.39, 0.29) is 0 Å². The summed E-state index contributed by atoms with van der Waals surface area (Å²) in [6, 6.07) is 0.726. The summed E-state index contributed by atoms with van der Waals surface area (Å²) in [6.45, 7) is 10.9. The summed E-state index contributed by atoms with van der Waals surface area (Å²) in [6.07, 6.45) is 6.86. The van der Waals surface area contributed by atoms with Crippen molar-refractivity contribution < 1.29 is 0 Å². The van der Waals surface area contributed by atoms with Crippen molar-refractivity contribution in [1.82, 2.24) is 10.2 Å². The van der Waals surface area contributed by atoms with Crippen molar-refractivity contribution in [2.45, 2.75) is 64.5 Å². The fourth-order valence-corrected chi connectivity index (χ4v) is 3.08. The topological polar surface area (TPSA) is 15.3 Å². The first-order valence-corrected chi connectivity index (χ1v) is 7.19. The summed E-state index contributed by atoms with van der Waals surface area (Å²) < 4.78 is 0. The molecular weight excluding hydrogens is 196 g/mol. The van der Waals surface area contributed by atoms with Crippen molar-refractivity contribution in [1.29, 1.82) is 0 Å². The van der Waals surface area contributed by atoms with E-state index in [0.717, 1.165) is 12.0 Å². The predicted molar refractivity (Wildman–Crippen MR) is 69.7 cm³/mol. The SMILES string of the molecule is CCCCN1CC(CC)NCC1(C)C1CC1. The Morgan fingerprint density at radius 1 is 1.31 bits per heavy atom. The van der Waals surface area contributed by atoms with E-state index in [0.29, 0.717) is 5.54 Å². The van der Waals surface area contributed by atoms with Gasteiger partial charge in [0.05, 0.1) is 0 Å². The van der Waals surface area contributed by atoms with Crippen molar-refractivity contribution in [3.8, 4) is 0 Å². The van der Waals surface area contributed by atoms with E-state index in [4.69, 9.17) is 0 Å². The van der Waals surface area contributed by atoms with Crippen LogP contribution in [0.25, 0.3) is 0 Å². The number of nitrogens with zero attached hydrogens (tertiary/aromatic N) is 1. The Morgan fingerprint density at radius 3 is 2.62 bits per heavy atom. The number of nitrogens with one attached hydrogen (secondary N) is 1. The lowest BCUT2D eigenvalue weighted by atomic mass is 9.89. The average Bonchev–Trinajstić information content (AvgIpc) is 3.12. The Balaban J connectivity index is 1.98. The third kappa shape index (κ3) is 2.43. The summed E-state index contributed by atoms with van der Waals surface area (Å²) in [5.41, 5.74) is 0.459. The van der Waals surface area contributed by atoms with Crippen LogP contribution in [0.5, 0.6) is 0 Å². The molecule has 0 aromatic carbocycles. The molecule has 2 nitrogen and oxygen atoms in total. The maximum Gasteiger partial charge on any atom is 0.0334 e. The maximum atomic E-state index is 3.75. The lowest BCUT2D eigenvalue weighted by molar-refractivity contribution is 0.0331. The second-order valence-electron chi connectivity index (χ2n) is 5.92. The Hall–Kier alpha value is -0.0800. The van der Waals surface area contributed by atoms with Gasteiger partial charge >= 0.3 is 0 Å². The van der Waals surface area contributed by atoms with Crippen LogP contribution in [-0.2, 0) is 0 Å². The van der Waals surface area contributed by atoms with Gasteiger partial charge in [0.15, 0.2) is 0 Å². The van der Waals surface area contributed by atoms with Crippen molar-refractivity contribution in [3.05, 3.63) is 0 Å². The van der Waals surface area contributed by atoms with Crippen LogP contribution < -0.4 is 5.32 Å². The summed E-state index contributed by atoms with van der Waals surface area (Å²) in [5, 5.41) is 3.75. The van der Waals surface area contributed by atoms with Crippen LogP contribution in [0.15, 0.2) is 0 Å². The third-order valence-corrected chi connectivity index (χ3v) is 4.64. The molecule has 2 heteroatoms. The summed E-state index contributed by atoms with van der Waals surface area (Å²) in [4.78, 5) is 2.79. The fraction of sp³-hybridized carbons (Fsp3) is 1.00. The van der Waals surface area contributed by atoms with Gasteiger partial charge < -0.3 is 5.32 Å². The molecule has 0 amide bonds. The molecule has 0 aromatic heterocycles. The molecule has 1 saturated heterocycles. The molecule has 0 aromatic rings. The van der Waals surface area contributed by atoms with Gasteiger partial charge in [-0.15, -0.1) is 0 Å². The Bertz CT molecular complexity index is 225. The van der Waals surface area contributed by atoms with E-state index in [9.17, 15) is 0 Å². The minimum absolute atomic E-state index is 0.459. The number of rotatable bonds is 5. The van der Waals surface area contributed by atoms with Gasteiger partial charge in [0.1, 0.15) is 0 Å². The van der Waals surface area contributed by atoms with E-state index in [2.05, 4.69) is 31.0 Å². The van der Waals surface area contributed by atoms with E-state index < -0.39 is 0 Å². The summed E-state index contributed by atoms with van der Waals surface area (Å²) in [7, 11) is 0. The van der Waals surface area contributed by atoms with Gasteiger partial charge in [-0.25, -0.2) is 0 Å². The fourth-order valence-electron chi connectivity index (χ4n) is 3.08. The van der Waals surface area contributed by atoms with Crippen molar-refractivity contribution in [3.63, 3.8) is 0 Å². The number of unbranched alkanes of at least 4 members (excludes halogenated alkanes) is 1. The average molecular weight is 224 g/mol. The van der Waals surface area contributed by atoms with Crippen molar-refractivity contribution in [2.24, 2.45) is 5.92 Å². The second-order valence-corrected chi connectivity index (χ2v) is 5.92. The Kier molecular flexibility index (Phi) is 3.91. The van der Waals surface area contributed by atoms with Gasteiger partial charge in [-0.3, -0.25) is 4.90 Å². The second kappa shape index (κ2) is 5.05. The maximum absolute atomic E-state index is 3.75. The van der Waals surface area contributed by atoms with Gasteiger partial charge in [-0.1, -0.05) is 20.3 Å².